The van der Waals surface area contributed by atoms with Gasteiger partial charge >= 0.3 is 75.4 Å². The average Bonchev–Trinajstić information content (AvgIpc) is 2.97. The van der Waals surface area contributed by atoms with E-state index in [1.165, 1.54) is 26.2 Å². The predicted molar refractivity (Wildman–Crippen MR) is 95.7 cm³/mol. The summed E-state index contributed by atoms with van der Waals surface area (Å²) >= 11 is 0.980. The molecule has 2 rings (SSSR count). The van der Waals surface area contributed by atoms with Gasteiger partial charge in [0.15, 0.2) is 10.8 Å². The molecule has 1 aromatic rings. The molecule has 1 saturated heterocycles. The van der Waals surface area contributed by atoms with Crippen LogP contribution in [0.2, 0.25) is 0 Å². The van der Waals surface area contributed by atoms with Crippen LogP contribution in [0.1, 0.15) is 26.5 Å². The van der Waals surface area contributed by atoms with Crippen LogP contribution in [0.4, 0.5) is 5.13 Å². The Morgan fingerprint density at radius 3 is 2.37 bits per heavy atom. The Hall–Kier alpha value is -0.780. The number of carbonyl (C=O) groups is 3. The first kappa shape index (κ1) is 29.2. The zero-order chi connectivity index (χ0) is 21.4. The largest absolute Gasteiger partial charge is 1.00 e. The molecule has 0 unspecified atom stereocenters. The number of hydrogen-bond donors (Lipinski definition) is 4. The van der Waals surface area contributed by atoms with Crippen molar-refractivity contribution in [3.63, 3.8) is 0 Å². The van der Waals surface area contributed by atoms with Gasteiger partial charge in [-0.15, -0.1) is 11.3 Å². The molecule has 0 radical (unpaired) electrons. The predicted octanol–water partition coefficient (Wildman–Crippen LogP) is -7.16. The fourth-order valence-electron chi connectivity index (χ4n) is 2.11. The first-order valence-corrected chi connectivity index (χ1v) is 9.86. The van der Waals surface area contributed by atoms with Gasteiger partial charge in [-0.3, -0.25) is 14.1 Å². The Morgan fingerprint density at radius 2 is 1.97 bits per heavy atom. The maximum Gasteiger partial charge on any atom is 1.00 e. The van der Waals surface area contributed by atoms with Crippen molar-refractivity contribution in [2.45, 2.75) is 38.5 Å². The Kier molecular flexibility index (Phi) is 10.4. The second-order valence-electron chi connectivity index (χ2n) is 6.22. The van der Waals surface area contributed by atoms with E-state index >= 15 is 0 Å². The maximum absolute atomic E-state index is 12.6. The van der Waals surface area contributed by atoms with Crippen molar-refractivity contribution in [3.05, 3.63) is 11.1 Å². The summed E-state index contributed by atoms with van der Waals surface area (Å²) in [6, 6.07) is -2.31. The van der Waals surface area contributed by atoms with E-state index in [9.17, 15) is 22.8 Å². The Bertz CT molecular complexity index is 964. The fourth-order valence-corrected chi connectivity index (χ4v) is 3.54. The number of carbonyl (C=O) groups excluding carboxylic acids is 2. The molecular weight excluding hydrogens is 464 g/mol. The third-order valence-electron chi connectivity index (χ3n) is 3.73. The molecule has 0 aliphatic carbocycles. The van der Waals surface area contributed by atoms with Crippen molar-refractivity contribution >= 4 is 50.3 Å². The van der Waals surface area contributed by atoms with Gasteiger partial charge < -0.3 is 21.0 Å². The molecule has 0 aromatic carbocycles. The van der Waals surface area contributed by atoms with Crippen LogP contribution in [-0.2, 0) is 29.5 Å². The number of aliphatic carboxylic acids is 1. The molecule has 17 heteroatoms. The van der Waals surface area contributed by atoms with E-state index in [1.807, 2.05) is 0 Å². The van der Waals surface area contributed by atoms with Crippen LogP contribution in [0.15, 0.2) is 10.5 Å². The van der Waals surface area contributed by atoms with Gasteiger partial charge in [-0.25, -0.2) is 14.1 Å². The molecule has 5 N–H and O–H groups in total. The van der Waals surface area contributed by atoms with Crippen LogP contribution in [0.3, 0.4) is 0 Å². The topological polar surface area (TPSA) is 202 Å². The van der Waals surface area contributed by atoms with Gasteiger partial charge in [0.1, 0.15) is 11.7 Å². The number of nitrogen functional groups attached to an aromatic ring is 1. The van der Waals surface area contributed by atoms with Gasteiger partial charge in [-0.2, -0.15) is 8.42 Å². The van der Waals surface area contributed by atoms with Crippen LogP contribution in [0.25, 0.3) is 0 Å². The number of aromatic nitrogens is 1. The number of rotatable bonds is 7. The zero-order valence-electron chi connectivity index (χ0n) is 16.8. The SMILES string of the molecule is C[C@H]1[C@H](NC(=O)/C(=N\OC(C)(C)C(=O)O)c2csc(N)n2)C(=O)N1S(=O)(=O)O.[Na+].[Na+]. The van der Waals surface area contributed by atoms with Crippen molar-refractivity contribution < 1.29 is 96.4 Å². The minimum absolute atomic E-state index is 0. The van der Waals surface area contributed by atoms with E-state index in [4.69, 9.17) is 20.2 Å². The van der Waals surface area contributed by atoms with E-state index in [-0.39, 0.29) is 74.2 Å². The molecule has 1 aromatic heterocycles. The third kappa shape index (κ3) is 6.37. The van der Waals surface area contributed by atoms with Gasteiger partial charge in [-0.1, -0.05) is 5.16 Å². The monoisotopic (exact) mass is 481 g/mol. The maximum atomic E-state index is 12.6. The number of hydrogen-bond acceptors (Lipinski definition) is 10. The molecule has 0 bridgehead atoms. The molecule has 13 nitrogen and oxygen atoms in total. The molecule has 1 fully saturated rings. The molecule has 0 saturated carbocycles. The summed E-state index contributed by atoms with van der Waals surface area (Å²) in [4.78, 5) is 44.4. The summed E-state index contributed by atoms with van der Waals surface area (Å²) in [6.07, 6.45) is 0. The van der Waals surface area contributed by atoms with E-state index in [0.717, 1.165) is 11.3 Å². The van der Waals surface area contributed by atoms with E-state index in [1.54, 1.807) is 0 Å². The summed E-state index contributed by atoms with van der Waals surface area (Å²) in [7, 11) is -4.76. The molecule has 30 heavy (non-hydrogen) atoms. The molecule has 1 aliphatic rings. The number of nitrogens with zero attached hydrogens (tertiary/aromatic N) is 3. The van der Waals surface area contributed by atoms with Crippen LogP contribution in [0, 0.1) is 0 Å². The van der Waals surface area contributed by atoms with Crippen molar-refractivity contribution in [1.82, 2.24) is 14.6 Å². The average molecular weight is 481 g/mol. The second kappa shape index (κ2) is 10.7. The normalized spacial score (nSPS) is 19.1. The summed E-state index contributed by atoms with van der Waals surface area (Å²) < 4.78 is 31.4. The summed E-state index contributed by atoms with van der Waals surface area (Å²) in [6.45, 7) is 3.69. The minimum Gasteiger partial charge on any atom is -0.478 e. The number of carboxylic acid groups (broad SMARTS) is 1. The van der Waals surface area contributed by atoms with Crippen LogP contribution in [-0.4, -0.2) is 68.5 Å². The first-order chi connectivity index (χ1) is 12.8. The molecule has 1 aliphatic heterocycles. The zero-order valence-corrected chi connectivity index (χ0v) is 22.4. The standard InChI is InChI=1S/C13H17N5O8S2.2Na/c1-5-7(10(20)18(5)28(23,24)25)16-9(19)8(6-4-27-12(14)15-6)17-26-13(2,3)11(21)22;;/h4-5,7H,1-3H3,(H2,14,15)(H,16,19)(H,21,22)(H,23,24,25);;/q;2*+1/b17-8-;;/t5-,7-;;/m0../s1. The summed E-state index contributed by atoms with van der Waals surface area (Å²) in [5, 5.41) is 16.3. The summed E-state index contributed by atoms with van der Waals surface area (Å²) in [5.41, 5.74) is 3.26. The molecule has 0 spiro atoms. The van der Waals surface area contributed by atoms with Crippen molar-refractivity contribution in [1.29, 1.82) is 0 Å². The number of anilines is 1. The number of nitrogens with two attached hydrogens (primary N) is 1. The fraction of sp³-hybridized carbons (Fsp3) is 0.462. The Labute approximate surface area is 219 Å². The number of nitrogens with one attached hydrogen (secondary N) is 1. The van der Waals surface area contributed by atoms with Crippen molar-refractivity contribution in [2.24, 2.45) is 5.16 Å². The number of thiazole rings is 1. The Balaban J connectivity index is 0.00000420. The van der Waals surface area contributed by atoms with Crippen molar-refractivity contribution in [2.75, 3.05) is 5.73 Å². The molecule has 154 valence electrons. The van der Waals surface area contributed by atoms with Gasteiger partial charge in [0.2, 0.25) is 5.60 Å². The molecular formula is C13H17N5Na2O8S2+2. The van der Waals surface area contributed by atoms with E-state index < -0.39 is 51.5 Å². The van der Waals surface area contributed by atoms with Crippen LogP contribution >= 0.6 is 11.3 Å². The third-order valence-corrected chi connectivity index (χ3v) is 5.41. The van der Waals surface area contributed by atoms with Gasteiger partial charge in [-0.05, 0) is 20.8 Å². The number of oxime groups is 1. The van der Waals surface area contributed by atoms with Crippen LogP contribution in [0.5, 0.6) is 0 Å². The van der Waals surface area contributed by atoms with E-state index in [2.05, 4.69) is 15.5 Å². The minimum atomic E-state index is -4.76. The smallest absolute Gasteiger partial charge is 0.478 e. The van der Waals surface area contributed by atoms with Gasteiger partial charge in [0, 0.05) is 5.38 Å². The molecule has 2 atom stereocenters. The number of β-lactam (4-membered cyclic amide) rings is 1. The van der Waals surface area contributed by atoms with Crippen molar-refractivity contribution in [3.8, 4) is 0 Å². The number of carboxylic acids is 1. The first-order valence-electron chi connectivity index (χ1n) is 7.58. The van der Waals surface area contributed by atoms with Crippen LogP contribution < -0.4 is 70.2 Å². The second-order valence-corrected chi connectivity index (χ2v) is 8.40. The molecule has 2 heterocycles. The summed E-state index contributed by atoms with van der Waals surface area (Å²) in [5.74, 6) is -3.38. The van der Waals surface area contributed by atoms with Gasteiger partial charge in [0.25, 0.3) is 11.8 Å². The quantitative estimate of drug-likeness (QED) is 0.0953. The van der Waals surface area contributed by atoms with E-state index in [0.29, 0.717) is 0 Å². The number of amides is 2. The Morgan fingerprint density at radius 1 is 1.40 bits per heavy atom. The molecule has 2 amide bonds. The van der Waals surface area contributed by atoms with Gasteiger partial charge in [0.05, 0.1) is 6.04 Å².